The van der Waals surface area contributed by atoms with Gasteiger partial charge in [0.25, 0.3) is 0 Å². The van der Waals surface area contributed by atoms with Gasteiger partial charge in [-0.3, -0.25) is 4.21 Å². The molecule has 3 rings (SSSR count). The van der Waals surface area contributed by atoms with Gasteiger partial charge in [-0.15, -0.1) is 0 Å². The van der Waals surface area contributed by atoms with E-state index in [2.05, 4.69) is 0 Å². The van der Waals surface area contributed by atoms with Crippen LogP contribution in [0, 0.1) is 5.82 Å². The molecule has 2 bridgehead atoms. The second-order valence-corrected chi connectivity index (χ2v) is 7.81. The summed E-state index contributed by atoms with van der Waals surface area (Å²) in [5.41, 5.74) is -2.70. The molecule has 1 aromatic rings. The van der Waals surface area contributed by atoms with Crippen molar-refractivity contribution in [2.24, 2.45) is 0 Å². The van der Waals surface area contributed by atoms with Crippen LogP contribution in [0.1, 0.15) is 36.8 Å². The molecule has 2 unspecified atom stereocenters. The zero-order valence-electron chi connectivity index (χ0n) is 11.0. The second-order valence-electron chi connectivity index (χ2n) is 5.82. The lowest BCUT2D eigenvalue weighted by molar-refractivity contribution is -0.138. The maximum absolute atomic E-state index is 13.5. The van der Waals surface area contributed by atoms with Gasteiger partial charge in [0.05, 0.1) is 11.2 Å². The van der Waals surface area contributed by atoms with E-state index >= 15 is 0 Å². The van der Waals surface area contributed by atoms with Gasteiger partial charge < -0.3 is 5.11 Å². The number of halogens is 4. The lowest BCUT2D eigenvalue weighted by Crippen LogP contribution is -2.40. The number of alkyl halides is 3. The number of rotatable bonds is 1. The molecule has 0 amide bonds. The number of aliphatic hydroxyl groups is 1. The average Bonchev–Trinajstić information content (AvgIpc) is 2.61. The second kappa shape index (κ2) is 4.78. The van der Waals surface area contributed by atoms with Crippen molar-refractivity contribution in [1.29, 1.82) is 0 Å². The van der Waals surface area contributed by atoms with E-state index < -0.39 is 34.0 Å². The maximum atomic E-state index is 13.5. The predicted octanol–water partition coefficient (Wildman–Crippen LogP) is 3.11. The normalized spacial score (nSPS) is 36.0. The first-order valence-electron chi connectivity index (χ1n) is 6.69. The van der Waals surface area contributed by atoms with Crippen LogP contribution >= 0.6 is 0 Å². The van der Waals surface area contributed by atoms with Gasteiger partial charge in [0, 0.05) is 21.3 Å². The van der Waals surface area contributed by atoms with Gasteiger partial charge in [0.1, 0.15) is 5.82 Å². The van der Waals surface area contributed by atoms with Gasteiger partial charge in [0.2, 0.25) is 0 Å². The van der Waals surface area contributed by atoms with E-state index in [-0.39, 0.29) is 28.9 Å². The lowest BCUT2D eigenvalue weighted by Gasteiger charge is -2.36. The van der Waals surface area contributed by atoms with Crippen LogP contribution in [0.15, 0.2) is 18.2 Å². The van der Waals surface area contributed by atoms with Crippen LogP contribution in [0.3, 0.4) is 0 Å². The third kappa shape index (κ3) is 2.61. The molecule has 116 valence electrons. The van der Waals surface area contributed by atoms with Crippen molar-refractivity contribution in [3.05, 3.63) is 35.1 Å². The number of hydrogen-bond acceptors (Lipinski definition) is 2. The SMILES string of the molecule is O=S1C2CCC1CC(O)(c1cc(F)cc(C(F)(F)F)c1)C2. The summed E-state index contributed by atoms with van der Waals surface area (Å²) in [6, 6.07) is 2.17. The van der Waals surface area contributed by atoms with E-state index in [1.165, 1.54) is 0 Å². The molecule has 7 heteroatoms. The Labute approximate surface area is 121 Å². The summed E-state index contributed by atoms with van der Waals surface area (Å²) >= 11 is 0. The lowest BCUT2D eigenvalue weighted by atomic mass is 9.85. The highest BCUT2D eigenvalue weighted by Gasteiger charge is 2.49. The van der Waals surface area contributed by atoms with Crippen LogP contribution in [-0.2, 0) is 22.6 Å². The van der Waals surface area contributed by atoms with Crippen LogP contribution in [0.4, 0.5) is 17.6 Å². The fraction of sp³-hybridized carbons (Fsp3) is 0.571. The molecule has 1 aromatic carbocycles. The zero-order valence-corrected chi connectivity index (χ0v) is 11.8. The topological polar surface area (TPSA) is 37.3 Å². The molecule has 2 fully saturated rings. The van der Waals surface area contributed by atoms with Crippen LogP contribution in [-0.4, -0.2) is 19.8 Å². The van der Waals surface area contributed by atoms with E-state index in [4.69, 9.17) is 0 Å². The standard InChI is InChI=1S/C14H14F4O2S/c15-10-4-8(3-9(5-10)14(16,17)18)13(19)6-11-1-2-12(7-13)21(11)20/h3-5,11-12,19H,1-2,6-7H2. The molecular formula is C14H14F4O2S. The van der Waals surface area contributed by atoms with Gasteiger partial charge in [-0.1, -0.05) is 0 Å². The Balaban J connectivity index is 2.00. The summed E-state index contributed by atoms with van der Waals surface area (Å²) in [6.07, 6.45) is -3.03. The summed E-state index contributed by atoms with van der Waals surface area (Å²) in [6.45, 7) is 0. The quantitative estimate of drug-likeness (QED) is 0.807. The first-order valence-corrected chi connectivity index (χ1v) is 7.97. The highest BCUT2D eigenvalue weighted by atomic mass is 32.2. The van der Waals surface area contributed by atoms with Crippen molar-refractivity contribution in [1.82, 2.24) is 0 Å². The highest BCUT2D eigenvalue weighted by molar-refractivity contribution is 7.86. The van der Waals surface area contributed by atoms with Crippen LogP contribution in [0.25, 0.3) is 0 Å². The number of benzene rings is 1. The first kappa shape index (κ1) is 15.0. The molecule has 0 radical (unpaired) electrons. The van der Waals surface area contributed by atoms with Gasteiger partial charge in [-0.2, -0.15) is 13.2 Å². The molecule has 2 aliphatic heterocycles. The summed E-state index contributed by atoms with van der Waals surface area (Å²) < 4.78 is 63.8. The van der Waals surface area contributed by atoms with Crippen molar-refractivity contribution in [3.63, 3.8) is 0 Å². The number of fused-ring (bicyclic) bond motifs is 2. The van der Waals surface area contributed by atoms with Crippen molar-refractivity contribution in [3.8, 4) is 0 Å². The van der Waals surface area contributed by atoms with Crippen LogP contribution in [0.2, 0.25) is 0 Å². The molecule has 2 atom stereocenters. The minimum Gasteiger partial charge on any atom is -0.385 e. The molecule has 0 saturated carbocycles. The first-order chi connectivity index (χ1) is 9.69. The van der Waals surface area contributed by atoms with Crippen LogP contribution in [0.5, 0.6) is 0 Å². The Hall–Kier alpha value is -0.950. The van der Waals surface area contributed by atoms with Gasteiger partial charge in [-0.25, -0.2) is 4.39 Å². The molecule has 1 N–H and O–H groups in total. The van der Waals surface area contributed by atoms with Crippen molar-refractivity contribution < 1.29 is 26.9 Å². The Morgan fingerprint density at radius 2 is 1.71 bits per heavy atom. The molecule has 2 aliphatic rings. The van der Waals surface area contributed by atoms with Crippen molar-refractivity contribution in [2.75, 3.05) is 0 Å². The Bertz CT molecular complexity index is 583. The highest BCUT2D eigenvalue weighted by Crippen LogP contribution is 2.46. The fourth-order valence-electron chi connectivity index (χ4n) is 3.34. The Morgan fingerprint density at radius 1 is 1.14 bits per heavy atom. The molecule has 0 spiro atoms. The van der Waals surface area contributed by atoms with Crippen molar-refractivity contribution >= 4 is 10.8 Å². The monoisotopic (exact) mass is 322 g/mol. The van der Waals surface area contributed by atoms with Gasteiger partial charge in [-0.05, 0) is 49.4 Å². The third-order valence-corrected chi connectivity index (χ3v) is 6.48. The molecule has 2 heterocycles. The van der Waals surface area contributed by atoms with Gasteiger partial charge in [0.15, 0.2) is 0 Å². The van der Waals surface area contributed by atoms with E-state index in [0.29, 0.717) is 18.9 Å². The minimum absolute atomic E-state index is 0.0663. The Morgan fingerprint density at radius 3 is 2.24 bits per heavy atom. The predicted molar refractivity (Wildman–Crippen MR) is 69.5 cm³/mol. The molecule has 2 saturated heterocycles. The molecule has 0 aromatic heterocycles. The smallest absolute Gasteiger partial charge is 0.385 e. The van der Waals surface area contributed by atoms with E-state index in [9.17, 15) is 26.9 Å². The third-order valence-electron chi connectivity index (χ3n) is 4.36. The van der Waals surface area contributed by atoms with Crippen molar-refractivity contribution in [2.45, 2.75) is 48.0 Å². The minimum atomic E-state index is -4.66. The molecule has 2 nitrogen and oxygen atoms in total. The maximum Gasteiger partial charge on any atom is 0.416 e. The van der Waals surface area contributed by atoms with Gasteiger partial charge >= 0.3 is 6.18 Å². The summed E-state index contributed by atoms with van der Waals surface area (Å²) in [5.74, 6) is -1.02. The molecule has 0 aliphatic carbocycles. The van der Waals surface area contributed by atoms with E-state index in [0.717, 1.165) is 12.1 Å². The average molecular weight is 322 g/mol. The summed E-state index contributed by atoms with van der Waals surface area (Å²) in [5, 5.41) is 10.3. The van der Waals surface area contributed by atoms with E-state index in [1.807, 2.05) is 0 Å². The molecule has 21 heavy (non-hydrogen) atoms. The fourth-order valence-corrected chi connectivity index (χ4v) is 5.50. The summed E-state index contributed by atoms with van der Waals surface area (Å²) in [4.78, 5) is 0. The van der Waals surface area contributed by atoms with Crippen LogP contribution < -0.4 is 0 Å². The molecular weight excluding hydrogens is 308 g/mol. The Kier molecular flexibility index (Phi) is 3.40. The largest absolute Gasteiger partial charge is 0.416 e. The van der Waals surface area contributed by atoms with E-state index in [1.54, 1.807) is 0 Å². The zero-order chi connectivity index (χ0) is 15.4. The number of hydrogen-bond donors (Lipinski definition) is 1. The summed E-state index contributed by atoms with van der Waals surface area (Å²) in [7, 11) is -1.04.